The van der Waals surface area contributed by atoms with Crippen LogP contribution in [0.2, 0.25) is 0 Å². The monoisotopic (exact) mass is 188 g/mol. The Morgan fingerprint density at radius 1 is 1.46 bits per heavy atom. The minimum atomic E-state index is -0.769. The molecule has 0 saturated heterocycles. The minimum Gasteiger partial charge on any atom is -0.480 e. The normalized spacial score (nSPS) is 13.2. The number of likely N-dealkylation sites (N-methyl/N-ethyl adjacent to an activating group) is 1. The number of hydrogen-bond acceptors (Lipinski definition) is 3. The van der Waals surface area contributed by atoms with E-state index >= 15 is 0 Å². The van der Waals surface area contributed by atoms with Crippen LogP contribution in [0.4, 0.5) is 0 Å². The fourth-order valence-corrected chi connectivity index (χ4v) is 1.24. The zero-order chi connectivity index (χ0) is 10.3. The standard InChI is InChI=1S/C9H20N2O2/c1-4-11(5-2)7-6-8(10-3)9(12)13/h8,10H,4-7H2,1-3H3,(H,12,13). The number of aliphatic carboxylic acids is 1. The number of carbonyl (C=O) groups is 1. The van der Waals surface area contributed by atoms with Crippen molar-refractivity contribution in [3.05, 3.63) is 0 Å². The molecule has 78 valence electrons. The molecule has 0 aliphatic carbocycles. The third-order valence-electron chi connectivity index (χ3n) is 2.27. The molecule has 13 heavy (non-hydrogen) atoms. The van der Waals surface area contributed by atoms with E-state index in [0.29, 0.717) is 6.42 Å². The van der Waals surface area contributed by atoms with Gasteiger partial charge in [0.15, 0.2) is 0 Å². The Kier molecular flexibility index (Phi) is 6.54. The van der Waals surface area contributed by atoms with Crippen LogP contribution in [0, 0.1) is 0 Å². The van der Waals surface area contributed by atoms with E-state index in [1.165, 1.54) is 0 Å². The van der Waals surface area contributed by atoms with Crippen LogP contribution in [0.1, 0.15) is 20.3 Å². The molecule has 0 spiro atoms. The third-order valence-corrected chi connectivity index (χ3v) is 2.27. The van der Waals surface area contributed by atoms with Gasteiger partial charge in [0.2, 0.25) is 0 Å². The van der Waals surface area contributed by atoms with E-state index in [1.54, 1.807) is 7.05 Å². The average molecular weight is 188 g/mol. The minimum absolute atomic E-state index is 0.416. The Balaban J connectivity index is 3.76. The van der Waals surface area contributed by atoms with Crippen molar-refractivity contribution in [2.75, 3.05) is 26.7 Å². The lowest BCUT2D eigenvalue weighted by Gasteiger charge is -2.20. The van der Waals surface area contributed by atoms with E-state index < -0.39 is 12.0 Å². The van der Waals surface area contributed by atoms with Gasteiger partial charge in [0.25, 0.3) is 0 Å². The van der Waals surface area contributed by atoms with Crippen molar-refractivity contribution < 1.29 is 9.90 Å². The van der Waals surface area contributed by atoms with Crippen molar-refractivity contribution in [2.24, 2.45) is 0 Å². The lowest BCUT2D eigenvalue weighted by atomic mass is 10.2. The van der Waals surface area contributed by atoms with Gasteiger partial charge in [-0.3, -0.25) is 4.79 Å². The topological polar surface area (TPSA) is 52.6 Å². The van der Waals surface area contributed by atoms with Crippen LogP contribution in [0.15, 0.2) is 0 Å². The number of rotatable bonds is 7. The summed E-state index contributed by atoms with van der Waals surface area (Å²) in [6, 6.07) is -0.416. The molecule has 1 atom stereocenters. The molecular weight excluding hydrogens is 168 g/mol. The van der Waals surface area contributed by atoms with Crippen LogP contribution in [-0.2, 0) is 4.79 Å². The first-order chi connectivity index (χ1) is 6.15. The molecule has 0 aromatic carbocycles. The predicted molar refractivity (Wildman–Crippen MR) is 52.9 cm³/mol. The Labute approximate surface area is 79.9 Å². The zero-order valence-corrected chi connectivity index (χ0v) is 8.71. The van der Waals surface area contributed by atoms with Crippen LogP contribution in [-0.4, -0.2) is 48.7 Å². The largest absolute Gasteiger partial charge is 0.480 e. The van der Waals surface area contributed by atoms with Gasteiger partial charge in [-0.15, -0.1) is 0 Å². The van der Waals surface area contributed by atoms with Crippen LogP contribution in [0.25, 0.3) is 0 Å². The van der Waals surface area contributed by atoms with E-state index in [-0.39, 0.29) is 0 Å². The Morgan fingerprint density at radius 2 is 2.00 bits per heavy atom. The summed E-state index contributed by atoms with van der Waals surface area (Å²) in [5.74, 6) is -0.769. The van der Waals surface area contributed by atoms with E-state index in [4.69, 9.17) is 5.11 Å². The lowest BCUT2D eigenvalue weighted by molar-refractivity contribution is -0.139. The molecule has 0 rings (SSSR count). The smallest absolute Gasteiger partial charge is 0.320 e. The molecule has 0 aromatic rings. The molecule has 0 aliphatic rings. The van der Waals surface area contributed by atoms with Crippen molar-refractivity contribution >= 4 is 5.97 Å². The van der Waals surface area contributed by atoms with Crippen molar-refractivity contribution in [1.29, 1.82) is 0 Å². The molecule has 0 saturated carbocycles. The second-order valence-electron chi connectivity index (χ2n) is 3.00. The maximum atomic E-state index is 10.6. The van der Waals surface area contributed by atoms with E-state index in [2.05, 4.69) is 24.1 Å². The van der Waals surface area contributed by atoms with Crippen molar-refractivity contribution in [2.45, 2.75) is 26.3 Å². The molecule has 2 N–H and O–H groups in total. The van der Waals surface area contributed by atoms with Gasteiger partial charge in [-0.25, -0.2) is 0 Å². The highest BCUT2D eigenvalue weighted by Gasteiger charge is 2.14. The Bertz CT molecular complexity index is 147. The number of nitrogens with one attached hydrogen (secondary N) is 1. The highest BCUT2D eigenvalue weighted by atomic mass is 16.4. The summed E-state index contributed by atoms with van der Waals surface area (Å²) in [6.07, 6.45) is 0.660. The Hall–Kier alpha value is -0.610. The van der Waals surface area contributed by atoms with Gasteiger partial charge in [-0.2, -0.15) is 0 Å². The SMILES string of the molecule is CCN(CC)CCC(NC)C(=O)O. The molecule has 4 heteroatoms. The summed E-state index contributed by atoms with van der Waals surface area (Å²) in [6.45, 7) is 6.96. The van der Waals surface area contributed by atoms with E-state index in [1.807, 2.05) is 0 Å². The van der Waals surface area contributed by atoms with Gasteiger partial charge in [0.1, 0.15) is 6.04 Å². The summed E-state index contributed by atoms with van der Waals surface area (Å²) < 4.78 is 0. The summed E-state index contributed by atoms with van der Waals surface area (Å²) >= 11 is 0. The summed E-state index contributed by atoms with van der Waals surface area (Å²) in [5.41, 5.74) is 0. The maximum absolute atomic E-state index is 10.6. The first kappa shape index (κ1) is 12.4. The van der Waals surface area contributed by atoms with Gasteiger partial charge < -0.3 is 15.3 Å². The molecule has 1 unspecified atom stereocenters. The third kappa shape index (κ3) is 4.85. The molecule has 0 aliphatic heterocycles. The molecular formula is C9H20N2O2. The molecule has 0 fully saturated rings. The maximum Gasteiger partial charge on any atom is 0.320 e. The molecule has 0 radical (unpaired) electrons. The lowest BCUT2D eigenvalue weighted by Crippen LogP contribution is -2.37. The van der Waals surface area contributed by atoms with Gasteiger partial charge in [-0.05, 0) is 26.6 Å². The number of hydrogen-bond donors (Lipinski definition) is 2. The van der Waals surface area contributed by atoms with E-state index in [9.17, 15) is 4.79 Å². The number of carboxylic acids is 1. The summed E-state index contributed by atoms with van der Waals surface area (Å²) in [7, 11) is 1.68. The van der Waals surface area contributed by atoms with Crippen molar-refractivity contribution in [3.63, 3.8) is 0 Å². The molecule has 0 heterocycles. The average Bonchev–Trinajstić information content (AvgIpc) is 2.12. The van der Waals surface area contributed by atoms with Gasteiger partial charge >= 0.3 is 5.97 Å². The van der Waals surface area contributed by atoms with Crippen molar-refractivity contribution in [3.8, 4) is 0 Å². The fourth-order valence-electron chi connectivity index (χ4n) is 1.24. The number of nitrogens with zero attached hydrogens (tertiary/aromatic N) is 1. The molecule has 0 bridgehead atoms. The fraction of sp³-hybridized carbons (Fsp3) is 0.889. The first-order valence-electron chi connectivity index (χ1n) is 4.78. The van der Waals surface area contributed by atoms with Crippen molar-refractivity contribution in [1.82, 2.24) is 10.2 Å². The summed E-state index contributed by atoms with van der Waals surface area (Å²) in [5, 5.41) is 11.5. The first-order valence-corrected chi connectivity index (χ1v) is 4.78. The highest BCUT2D eigenvalue weighted by molar-refractivity contribution is 5.73. The van der Waals surface area contributed by atoms with Gasteiger partial charge in [-0.1, -0.05) is 13.8 Å². The van der Waals surface area contributed by atoms with Crippen LogP contribution < -0.4 is 5.32 Å². The second-order valence-corrected chi connectivity index (χ2v) is 3.00. The highest BCUT2D eigenvalue weighted by Crippen LogP contribution is 1.96. The number of carboxylic acid groups (broad SMARTS) is 1. The van der Waals surface area contributed by atoms with Crippen LogP contribution in [0.3, 0.4) is 0 Å². The van der Waals surface area contributed by atoms with E-state index in [0.717, 1.165) is 19.6 Å². The predicted octanol–water partition coefficient (Wildman–Crippen LogP) is 0.391. The molecule has 0 amide bonds. The summed E-state index contributed by atoms with van der Waals surface area (Å²) in [4.78, 5) is 12.9. The Morgan fingerprint density at radius 3 is 2.31 bits per heavy atom. The molecule has 0 aromatic heterocycles. The zero-order valence-electron chi connectivity index (χ0n) is 8.71. The quantitative estimate of drug-likeness (QED) is 0.607. The van der Waals surface area contributed by atoms with Crippen LogP contribution >= 0.6 is 0 Å². The molecule has 4 nitrogen and oxygen atoms in total. The van der Waals surface area contributed by atoms with Gasteiger partial charge in [0.05, 0.1) is 0 Å². The second kappa shape index (κ2) is 6.86. The van der Waals surface area contributed by atoms with Crippen LogP contribution in [0.5, 0.6) is 0 Å². The van der Waals surface area contributed by atoms with Gasteiger partial charge in [0, 0.05) is 6.54 Å².